The summed E-state index contributed by atoms with van der Waals surface area (Å²) in [6.45, 7) is 0. The van der Waals surface area contributed by atoms with Gasteiger partial charge in [-0.2, -0.15) is 5.10 Å². The molecule has 2 unspecified atom stereocenters. The van der Waals surface area contributed by atoms with Crippen molar-refractivity contribution in [2.75, 3.05) is 0 Å². The van der Waals surface area contributed by atoms with Crippen LogP contribution < -0.4 is 5.43 Å². The molecule has 0 aromatic heterocycles. The average Bonchev–Trinajstić information content (AvgIpc) is 2.90. The molecule has 100 valence electrons. The molecule has 4 nitrogen and oxygen atoms in total. The zero-order chi connectivity index (χ0) is 13.9. The van der Waals surface area contributed by atoms with E-state index in [1.54, 1.807) is 12.1 Å². The predicted molar refractivity (Wildman–Crippen MR) is 76.5 cm³/mol. The number of benzene rings is 2. The normalized spacial score (nSPS) is 21.1. The number of ketones is 1. The lowest BCUT2D eigenvalue weighted by molar-refractivity contribution is 0.105. The number of rotatable bonds is 3. The summed E-state index contributed by atoms with van der Waals surface area (Å²) in [6.07, 6.45) is -0.875. The van der Waals surface area contributed by atoms with Gasteiger partial charge in [0.05, 0.1) is 5.92 Å². The minimum Gasteiger partial charge on any atom is -0.371 e. The summed E-state index contributed by atoms with van der Waals surface area (Å²) in [4.78, 5) is 12.5. The van der Waals surface area contributed by atoms with Crippen molar-refractivity contribution in [3.8, 4) is 0 Å². The molecule has 0 spiro atoms. The molecule has 1 heterocycles. The molecule has 0 aliphatic carbocycles. The number of Topliss-reactive ketones (excluding diaryl/α,β-unsaturated/α-hetero) is 1. The fourth-order valence-electron chi connectivity index (χ4n) is 2.36. The van der Waals surface area contributed by atoms with Crippen LogP contribution in [0.5, 0.6) is 0 Å². The summed E-state index contributed by atoms with van der Waals surface area (Å²) in [5, 5.41) is 14.0. The zero-order valence-electron chi connectivity index (χ0n) is 10.7. The van der Waals surface area contributed by atoms with Crippen LogP contribution in [0.3, 0.4) is 0 Å². The van der Waals surface area contributed by atoms with Crippen LogP contribution in [-0.4, -0.2) is 22.8 Å². The van der Waals surface area contributed by atoms with E-state index in [2.05, 4.69) is 10.5 Å². The summed E-state index contributed by atoms with van der Waals surface area (Å²) in [5.41, 5.74) is 4.37. The lowest BCUT2D eigenvalue weighted by Crippen LogP contribution is -2.30. The second-order valence-corrected chi connectivity index (χ2v) is 4.65. The molecule has 2 aromatic carbocycles. The number of nitrogens with zero attached hydrogens (tertiary/aromatic N) is 1. The van der Waals surface area contributed by atoms with Crippen LogP contribution in [0.2, 0.25) is 0 Å². The quantitative estimate of drug-likeness (QED) is 0.834. The lowest BCUT2D eigenvalue weighted by Gasteiger charge is -2.15. The largest absolute Gasteiger partial charge is 0.371 e. The van der Waals surface area contributed by atoms with Gasteiger partial charge in [0.2, 0.25) is 5.78 Å². The Balaban J connectivity index is 1.95. The van der Waals surface area contributed by atoms with Gasteiger partial charge in [-0.05, 0) is 5.56 Å². The van der Waals surface area contributed by atoms with E-state index in [0.717, 1.165) is 5.56 Å². The molecule has 20 heavy (non-hydrogen) atoms. The van der Waals surface area contributed by atoms with Gasteiger partial charge in [-0.25, -0.2) is 0 Å². The Morgan fingerprint density at radius 2 is 1.60 bits per heavy atom. The van der Waals surface area contributed by atoms with E-state index >= 15 is 0 Å². The first kappa shape index (κ1) is 12.6. The summed E-state index contributed by atoms with van der Waals surface area (Å²) in [6, 6.07) is 18.4. The minimum atomic E-state index is -0.875. The molecule has 0 saturated heterocycles. The maximum atomic E-state index is 12.5. The average molecular weight is 266 g/mol. The van der Waals surface area contributed by atoms with Crippen LogP contribution in [-0.2, 0) is 0 Å². The summed E-state index contributed by atoms with van der Waals surface area (Å²) >= 11 is 0. The van der Waals surface area contributed by atoms with E-state index in [-0.39, 0.29) is 5.78 Å². The number of hydrazone groups is 1. The van der Waals surface area contributed by atoms with Crippen LogP contribution in [0.15, 0.2) is 65.8 Å². The van der Waals surface area contributed by atoms with Crippen LogP contribution in [0.25, 0.3) is 0 Å². The first-order valence-corrected chi connectivity index (χ1v) is 6.43. The van der Waals surface area contributed by atoms with E-state index in [0.29, 0.717) is 11.3 Å². The Hall–Kier alpha value is -2.46. The van der Waals surface area contributed by atoms with Gasteiger partial charge in [0.15, 0.2) is 6.23 Å². The van der Waals surface area contributed by atoms with Crippen molar-refractivity contribution < 1.29 is 9.90 Å². The van der Waals surface area contributed by atoms with E-state index in [1.165, 1.54) is 0 Å². The highest BCUT2D eigenvalue weighted by molar-refractivity contribution is 6.48. The number of nitrogens with one attached hydrogen (secondary N) is 1. The Labute approximate surface area is 116 Å². The Kier molecular flexibility index (Phi) is 3.31. The maximum absolute atomic E-state index is 12.5. The van der Waals surface area contributed by atoms with Crippen LogP contribution >= 0.6 is 0 Å². The number of hydrogen-bond donors (Lipinski definition) is 2. The Morgan fingerprint density at radius 1 is 1.00 bits per heavy atom. The fraction of sp³-hybridized carbons (Fsp3) is 0.125. The molecule has 4 heteroatoms. The van der Waals surface area contributed by atoms with Gasteiger partial charge in [0, 0.05) is 5.56 Å². The summed E-state index contributed by atoms with van der Waals surface area (Å²) in [7, 11) is 0. The van der Waals surface area contributed by atoms with Crippen LogP contribution in [0, 0.1) is 0 Å². The number of aliphatic hydroxyl groups excluding tert-OH is 1. The highest BCUT2D eigenvalue weighted by Gasteiger charge is 2.35. The molecule has 2 aromatic rings. The summed E-state index contributed by atoms with van der Waals surface area (Å²) in [5.74, 6) is -0.604. The molecule has 2 N–H and O–H groups in total. The molecular weight excluding hydrogens is 252 g/mol. The van der Waals surface area contributed by atoms with Gasteiger partial charge < -0.3 is 5.11 Å². The SMILES string of the molecule is O=C(C1=NNC(O)C1c1ccccc1)c1ccccc1. The van der Waals surface area contributed by atoms with Crippen molar-refractivity contribution in [1.82, 2.24) is 5.43 Å². The molecular formula is C16H14N2O2. The first-order chi connectivity index (χ1) is 9.77. The molecule has 3 rings (SSSR count). The predicted octanol–water partition coefficient (Wildman–Crippen LogP) is 1.93. The van der Waals surface area contributed by atoms with Crippen molar-refractivity contribution in [3.05, 3.63) is 71.8 Å². The third-order valence-electron chi connectivity index (χ3n) is 3.35. The van der Waals surface area contributed by atoms with Gasteiger partial charge in [0.25, 0.3) is 0 Å². The van der Waals surface area contributed by atoms with E-state index in [9.17, 15) is 9.90 Å². The van der Waals surface area contributed by atoms with Gasteiger partial charge in [0.1, 0.15) is 5.71 Å². The van der Waals surface area contributed by atoms with Gasteiger partial charge in [-0.15, -0.1) is 0 Å². The molecule has 0 amide bonds. The molecule has 0 saturated carbocycles. The maximum Gasteiger partial charge on any atom is 0.209 e. The van der Waals surface area contributed by atoms with Gasteiger partial charge >= 0.3 is 0 Å². The molecule has 0 fully saturated rings. The first-order valence-electron chi connectivity index (χ1n) is 6.43. The van der Waals surface area contributed by atoms with Crippen LogP contribution in [0.4, 0.5) is 0 Å². The third kappa shape index (κ3) is 2.21. The van der Waals surface area contributed by atoms with E-state index < -0.39 is 12.1 Å². The number of aliphatic hydroxyl groups is 1. The third-order valence-corrected chi connectivity index (χ3v) is 3.35. The Morgan fingerprint density at radius 3 is 2.25 bits per heavy atom. The molecule has 1 aliphatic rings. The number of hydrogen-bond acceptors (Lipinski definition) is 4. The Bertz CT molecular complexity index is 638. The second-order valence-electron chi connectivity index (χ2n) is 4.65. The topological polar surface area (TPSA) is 61.7 Å². The van der Waals surface area contributed by atoms with E-state index in [4.69, 9.17) is 0 Å². The van der Waals surface area contributed by atoms with Crippen molar-refractivity contribution in [1.29, 1.82) is 0 Å². The van der Waals surface area contributed by atoms with Crippen molar-refractivity contribution in [2.45, 2.75) is 12.1 Å². The smallest absolute Gasteiger partial charge is 0.209 e. The highest BCUT2D eigenvalue weighted by Crippen LogP contribution is 2.26. The lowest BCUT2D eigenvalue weighted by atomic mass is 9.89. The monoisotopic (exact) mass is 266 g/mol. The fourth-order valence-corrected chi connectivity index (χ4v) is 2.36. The standard InChI is InChI=1S/C16H14N2O2/c19-15(12-9-5-2-6-10-12)14-13(16(20)18-17-14)11-7-3-1-4-8-11/h1-10,13,16,18,20H. The molecule has 2 atom stereocenters. The number of carbonyl (C=O) groups excluding carboxylic acids is 1. The second kappa shape index (κ2) is 5.27. The van der Waals surface area contributed by atoms with Crippen molar-refractivity contribution in [3.63, 3.8) is 0 Å². The van der Waals surface area contributed by atoms with Gasteiger partial charge in [-0.1, -0.05) is 60.7 Å². The molecule has 1 aliphatic heterocycles. The molecule has 0 radical (unpaired) electrons. The summed E-state index contributed by atoms with van der Waals surface area (Å²) < 4.78 is 0. The van der Waals surface area contributed by atoms with Crippen molar-refractivity contribution >= 4 is 11.5 Å². The van der Waals surface area contributed by atoms with Crippen LogP contribution in [0.1, 0.15) is 21.8 Å². The molecule has 0 bridgehead atoms. The van der Waals surface area contributed by atoms with Gasteiger partial charge in [-0.3, -0.25) is 10.2 Å². The van der Waals surface area contributed by atoms with E-state index in [1.807, 2.05) is 48.5 Å². The highest BCUT2D eigenvalue weighted by atomic mass is 16.3. The number of carbonyl (C=O) groups is 1. The minimum absolute atomic E-state index is 0.163. The van der Waals surface area contributed by atoms with Crippen molar-refractivity contribution in [2.24, 2.45) is 5.10 Å². The zero-order valence-corrected chi connectivity index (χ0v) is 10.7.